The Kier molecular flexibility index (Phi) is 9.83. The fourth-order valence-electron chi connectivity index (χ4n) is 3.02. The predicted octanol–water partition coefficient (Wildman–Crippen LogP) is 7.04. The summed E-state index contributed by atoms with van der Waals surface area (Å²) < 4.78 is 0. The van der Waals surface area contributed by atoms with E-state index in [1.165, 1.54) is 0 Å². The predicted molar refractivity (Wildman–Crippen MR) is 130 cm³/mol. The number of carbonyl (C=O) groups excluding carboxylic acids is 2. The highest BCUT2D eigenvalue weighted by Crippen LogP contribution is 2.24. The standard InChI is InChI=1S/C28H36O6/c1-8-9-10-11-24(31-33-25(29)20-12-16-22(17-13-20)27(2,3)4)32-34-26(30)21-14-18-23(19-15-21)28(5,6)7/h12-19H,1,8-11H2,2-7H3. The van der Waals surface area contributed by atoms with Crippen LogP contribution in [-0.2, 0) is 30.4 Å². The fourth-order valence-corrected chi connectivity index (χ4v) is 3.02. The number of hydrogen-bond acceptors (Lipinski definition) is 6. The molecule has 0 atom stereocenters. The molecule has 0 spiro atoms. The number of rotatable bonds is 10. The maximum absolute atomic E-state index is 12.4. The Hall–Kier alpha value is -2.70. The lowest BCUT2D eigenvalue weighted by Gasteiger charge is -2.19. The van der Waals surface area contributed by atoms with Gasteiger partial charge in [-0.15, -0.1) is 9.78 Å². The van der Waals surface area contributed by atoms with Crippen LogP contribution in [0.4, 0.5) is 0 Å². The molecule has 0 amide bonds. The van der Waals surface area contributed by atoms with E-state index >= 15 is 0 Å². The van der Waals surface area contributed by atoms with E-state index in [1.807, 2.05) is 24.3 Å². The molecule has 0 aliphatic carbocycles. The molecular weight excluding hydrogens is 432 g/mol. The van der Waals surface area contributed by atoms with Gasteiger partial charge in [0.2, 0.25) is 0 Å². The highest BCUT2D eigenvalue weighted by Gasteiger charge is 2.22. The van der Waals surface area contributed by atoms with Gasteiger partial charge in [0.1, 0.15) is 0 Å². The average Bonchev–Trinajstić information content (AvgIpc) is 2.79. The van der Waals surface area contributed by atoms with Gasteiger partial charge >= 0.3 is 18.2 Å². The molecule has 0 fully saturated rings. The quantitative estimate of drug-likeness (QED) is 0.211. The van der Waals surface area contributed by atoms with Crippen molar-refractivity contribution in [3.8, 4) is 0 Å². The Labute approximate surface area is 203 Å². The minimum atomic E-state index is -0.678. The molecule has 2 radical (unpaired) electrons. The van der Waals surface area contributed by atoms with Gasteiger partial charge in [-0.05, 0) is 52.6 Å². The third kappa shape index (κ3) is 8.58. The minimum absolute atomic E-state index is 0.0290. The molecule has 0 saturated carbocycles. The largest absolute Gasteiger partial charge is 0.373 e. The van der Waals surface area contributed by atoms with Gasteiger partial charge in [-0.3, -0.25) is 9.78 Å². The monoisotopic (exact) mass is 468 g/mol. The zero-order valence-corrected chi connectivity index (χ0v) is 21.1. The van der Waals surface area contributed by atoms with Gasteiger partial charge < -0.3 is 0 Å². The number of benzene rings is 2. The highest BCUT2D eigenvalue weighted by atomic mass is 17.3. The molecule has 184 valence electrons. The van der Waals surface area contributed by atoms with E-state index in [0.717, 1.165) is 24.0 Å². The second-order valence-corrected chi connectivity index (χ2v) is 10.2. The van der Waals surface area contributed by atoms with Crippen molar-refractivity contribution in [3.05, 3.63) is 84.0 Å². The zero-order valence-electron chi connectivity index (χ0n) is 21.1. The lowest BCUT2D eigenvalue weighted by Crippen LogP contribution is -2.17. The molecule has 2 aromatic rings. The molecule has 0 aliphatic rings. The van der Waals surface area contributed by atoms with Gasteiger partial charge in [-0.1, -0.05) is 85.6 Å². The van der Waals surface area contributed by atoms with E-state index in [0.29, 0.717) is 17.5 Å². The number of carbonyl (C=O) groups is 2. The second-order valence-electron chi connectivity index (χ2n) is 10.2. The summed E-state index contributed by atoms with van der Waals surface area (Å²) in [5, 5.41) is 0. The highest BCUT2D eigenvalue weighted by molar-refractivity contribution is 5.89. The van der Waals surface area contributed by atoms with E-state index in [4.69, 9.17) is 19.6 Å². The van der Waals surface area contributed by atoms with Crippen LogP contribution in [0.25, 0.3) is 0 Å². The first-order valence-corrected chi connectivity index (χ1v) is 11.6. The van der Waals surface area contributed by atoms with Crippen molar-refractivity contribution in [2.75, 3.05) is 0 Å². The summed E-state index contributed by atoms with van der Waals surface area (Å²) in [6, 6.07) is 14.2. The Morgan fingerprint density at radius 2 is 1.03 bits per heavy atom. The Bertz CT molecular complexity index is 844. The SMILES string of the molecule is [CH2]CCCC[C](OOC(=O)c1ccc(C(C)(C)C)cc1)OOC(=O)c1ccc(C(C)(C)C)cc1. The summed E-state index contributed by atoms with van der Waals surface area (Å²) >= 11 is 0. The number of unbranched alkanes of at least 4 members (excludes halogenated alkanes) is 2. The van der Waals surface area contributed by atoms with Gasteiger partial charge in [0.25, 0.3) is 0 Å². The van der Waals surface area contributed by atoms with E-state index in [9.17, 15) is 9.59 Å². The third-order valence-electron chi connectivity index (χ3n) is 5.27. The molecule has 0 bridgehead atoms. The van der Waals surface area contributed by atoms with Crippen molar-refractivity contribution in [1.29, 1.82) is 0 Å². The first-order valence-electron chi connectivity index (χ1n) is 11.6. The van der Waals surface area contributed by atoms with Crippen LogP contribution in [0, 0.1) is 13.2 Å². The van der Waals surface area contributed by atoms with E-state index in [-0.39, 0.29) is 23.5 Å². The van der Waals surface area contributed by atoms with Crippen molar-refractivity contribution in [1.82, 2.24) is 0 Å². The summed E-state index contributed by atoms with van der Waals surface area (Å²) in [4.78, 5) is 44.8. The number of hydrogen-bond donors (Lipinski definition) is 0. The maximum atomic E-state index is 12.4. The molecule has 0 heterocycles. The lowest BCUT2D eigenvalue weighted by molar-refractivity contribution is -0.363. The molecule has 6 heteroatoms. The smallest absolute Gasteiger partial charge is 0.289 e. The molecular formula is C28H36O6. The molecule has 0 aliphatic heterocycles. The molecule has 6 nitrogen and oxygen atoms in total. The summed E-state index contributed by atoms with van der Waals surface area (Å²) in [5.41, 5.74) is 2.80. The Morgan fingerprint density at radius 3 is 1.35 bits per heavy atom. The fraction of sp³-hybridized carbons (Fsp3) is 0.429. The van der Waals surface area contributed by atoms with Crippen molar-refractivity contribution in [2.45, 2.75) is 78.1 Å². The van der Waals surface area contributed by atoms with Crippen molar-refractivity contribution in [2.24, 2.45) is 0 Å². The summed E-state index contributed by atoms with van der Waals surface area (Å²) in [6.07, 6.45) is 2.36. The Morgan fingerprint density at radius 1 is 0.647 bits per heavy atom. The van der Waals surface area contributed by atoms with Crippen molar-refractivity contribution >= 4 is 11.9 Å². The maximum Gasteiger partial charge on any atom is 0.373 e. The average molecular weight is 469 g/mol. The van der Waals surface area contributed by atoms with Crippen molar-refractivity contribution in [3.63, 3.8) is 0 Å². The second kappa shape index (κ2) is 12.1. The lowest BCUT2D eigenvalue weighted by atomic mass is 9.87. The molecule has 0 unspecified atom stereocenters. The van der Waals surface area contributed by atoms with Crippen LogP contribution < -0.4 is 0 Å². The van der Waals surface area contributed by atoms with Gasteiger partial charge in [-0.2, -0.15) is 0 Å². The molecule has 34 heavy (non-hydrogen) atoms. The van der Waals surface area contributed by atoms with Crippen LogP contribution in [0.5, 0.6) is 0 Å². The molecule has 0 saturated heterocycles. The van der Waals surface area contributed by atoms with Crippen molar-refractivity contribution < 1.29 is 29.1 Å². The zero-order chi connectivity index (χ0) is 25.4. The summed E-state index contributed by atoms with van der Waals surface area (Å²) in [6.45, 7) is 16.3. The Balaban J connectivity index is 1.95. The van der Waals surface area contributed by atoms with Gasteiger partial charge in [0.15, 0.2) is 0 Å². The summed E-state index contributed by atoms with van der Waals surface area (Å²) in [5.74, 6) is -1.36. The van der Waals surface area contributed by atoms with Crippen LogP contribution in [-0.4, -0.2) is 11.9 Å². The van der Waals surface area contributed by atoms with Crippen LogP contribution >= 0.6 is 0 Å². The van der Waals surface area contributed by atoms with E-state index in [1.54, 1.807) is 24.3 Å². The van der Waals surface area contributed by atoms with Gasteiger partial charge in [0, 0.05) is 6.42 Å². The van der Waals surface area contributed by atoms with E-state index in [2.05, 4.69) is 48.5 Å². The summed E-state index contributed by atoms with van der Waals surface area (Å²) in [7, 11) is 0. The normalized spacial score (nSPS) is 12.0. The third-order valence-corrected chi connectivity index (χ3v) is 5.27. The minimum Gasteiger partial charge on any atom is -0.289 e. The first kappa shape index (κ1) is 27.5. The van der Waals surface area contributed by atoms with Crippen LogP contribution in [0.15, 0.2) is 48.5 Å². The molecule has 0 aromatic heterocycles. The molecule has 2 aromatic carbocycles. The molecule has 0 N–H and O–H groups in total. The van der Waals surface area contributed by atoms with Crippen LogP contribution in [0.3, 0.4) is 0 Å². The molecule has 2 rings (SSSR count). The van der Waals surface area contributed by atoms with Gasteiger partial charge in [-0.25, -0.2) is 9.59 Å². The van der Waals surface area contributed by atoms with Crippen LogP contribution in [0.1, 0.15) is 99.1 Å². The topological polar surface area (TPSA) is 71.1 Å². The first-order chi connectivity index (χ1) is 15.9. The van der Waals surface area contributed by atoms with E-state index < -0.39 is 11.9 Å². The van der Waals surface area contributed by atoms with Gasteiger partial charge in [0.05, 0.1) is 11.1 Å². The van der Waals surface area contributed by atoms with Crippen LogP contribution in [0.2, 0.25) is 0 Å².